The molecule has 0 saturated carbocycles. The third-order valence-corrected chi connectivity index (χ3v) is 5.18. The zero-order chi connectivity index (χ0) is 26.0. The lowest BCUT2D eigenvalue weighted by Crippen LogP contribution is -2.53. The summed E-state index contributed by atoms with van der Waals surface area (Å²) >= 11 is 0. The van der Waals surface area contributed by atoms with E-state index in [9.17, 15) is 35.8 Å². The van der Waals surface area contributed by atoms with E-state index in [1.807, 2.05) is 13.0 Å². The van der Waals surface area contributed by atoms with Crippen LogP contribution in [-0.4, -0.2) is 38.8 Å². The van der Waals surface area contributed by atoms with Crippen molar-refractivity contribution in [2.24, 2.45) is 0 Å². The summed E-state index contributed by atoms with van der Waals surface area (Å²) in [6.07, 6.45) is -9.43. The maximum atomic E-state index is 14.8. The van der Waals surface area contributed by atoms with Crippen LogP contribution in [0, 0.1) is 6.92 Å². The van der Waals surface area contributed by atoms with Gasteiger partial charge in [-0.25, -0.2) is 9.37 Å². The van der Waals surface area contributed by atoms with E-state index in [4.69, 9.17) is 0 Å². The quantitative estimate of drug-likeness (QED) is 0.398. The number of anilines is 1. The fourth-order valence-corrected chi connectivity index (χ4v) is 3.29. The van der Waals surface area contributed by atoms with Crippen molar-refractivity contribution < 1.29 is 35.8 Å². The predicted molar refractivity (Wildman–Crippen MR) is 116 cm³/mol. The summed E-state index contributed by atoms with van der Waals surface area (Å²) in [5.74, 6) is -0.139. The van der Waals surface area contributed by atoms with Crippen LogP contribution < -0.4 is 5.32 Å². The Morgan fingerprint density at radius 2 is 1.66 bits per heavy atom. The van der Waals surface area contributed by atoms with E-state index in [-0.39, 0.29) is 11.3 Å². The molecule has 0 aliphatic heterocycles. The normalized spacial score (nSPS) is 13.3. The smallest absolute Gasteiger partial charge is 0.370 e. The van der Waals surface area contributed by atoms with E-state index in [1.54, 1.807) is 19.2 Å². The molecule has 0 saturated heterocycles. The number of halogens is 7. The number of aromatic nitrogens is 3. The summed E-state index contributed by atoms with van der Waals surface area (Å²) in [5.41, 5.74) is -5.12. The Kier molecular flexibility index (Phi) is 7.25. The Labute approximate surface area is 195 Å². The van der Waals surface area contributed by atoms with Crippen LogP contribution in [0.4, 0.5) is 36.6 Å². The summed E-state index contributed by atoms with van der Waals surface area (Å²) in [6, 6.07) is 7.68. The van der Waals surface area contributed by atoms with Crippen molar-refractivity contribution in [3.05, 3.63) is 76.7 Å². The highest BCUT2D eigenvalue weighted by molar-refractivity contribution is 5.75. The van der Waals surface area contributed by atoms with Crippen molar-refractivity contribution in [2.75, 3.05) is 11.9 Å². The maximum Gasteiger partial charge on any atom is 0.430 e. The number of alkyl halides is 6. The topological polar surface area (TPSA) is 63.0 Å². The number of rotatable bonds is 7. The molecule has 1 aromatic carbocycles. The first-order valence-electron chi connectivity index (χ1n) is 10.3. The van der Waals surface area contributed by atoms with Crippen LogP contribution in [0.2, 0.25) is 0 Å². The summed E-state index contributed by atoms with van der Waals surface area (Å²) in [6.45, 7) is 4.66. The van der Waals surface area contributed by atoms with E-state index in [1.165, 1.54) is 10.7 Å². The average molecular weight is 502 g/mol. The summed E-state index contributed by atoms with van der Waals surface area (Å²) in [7, 11) is 0. The van der Waals surface area contributed by atoms with E-state index in [0.717, 1.165) is 23.8 Å². The fraction of sp³-hybridized carbons (Fsp3) is 0.304. The SMILES string of the molecule is CCNc1ccc(Cn2nc(/C(F)=C/c3ccc(C(O)(C(F)(F)F)C(F)(F)F)cc3)cc2C)cn1. The lowest BCUT2D eigenvalue weighted by molar-refractivity contribution is -0.376. The van der Waals surface area contributed by atoms with Gasteiger partial charge < -0.3 is 10.4 Å². The van der Waals surface area contributed by atoms with Crippen LogP contribution in [0.25, 0.3) is 11.9 Å². The number of nitrogens with zero attached hydrogens (tertiary/aromatic N) is 3. The molecule has 0 spiro atoms. The van der Waals surface area contributed by atoms with E-state index in [0.29, 0.717) is 36.7 Å². The van der Waals surface area contributed by atoms with Gasteiger partial charge in [-0.2, -0.15) is 31.4 Å². The Hall–Kier alpha value is -3.41. The zero-order valence-electron chi connectivity index (χ0n) is 18.5. The first kappa shape index (κ1) is 26.2. The second-order valence-corrected chi connectivity index (χ2v) is 7.73. The second-order valence-electron chi connectivity index (χ2n) is 7.73. The number of hydrogen-bond donors (Lipinski definition) is 2. The molecule has 3 rings (SSSR count). The monoisotopic (exact) mass is 502 g/mol. The largest absolute Gasteiger partial charge is 0.430 e. The number of aryl methyl sites for hydroxylation is 1. The van der Waals surface area contributed by atoms with Gasteiger partial charge in [0.25, 0.3) is 5.60 Å². The predicted octanol–water partition coefficient (Wildman–Crippen LogP) is 5.85. The second kappa shape index (κ2) is 9.68. The van der Waals surface area contributed by atoms with Crippen molar-refractivity contribution in [3.63, 3.8) is 0 Å². The number of hydrogen-bond acceptors (Lipinski definition) is 4. The van der Waals surface area contributed by atoms with Crippen molar-refractivity contribution in [2.45, 2.75) is 38.3 Å². The highest BCUT2D eigenvalue weighted by atomic mass is 19.4. The van der Waals surface area contributed by atoms with Gasteiger partial charge in [0.05, 0.1) is 6.54 Å². The molecular weight excluding hydrogens is 481 g/mol. The van der Waals surface area contributed by atoms with Gasteiger partial charge in [0.1, 0.15) is 11.5 Å². The fourth-order valence-electron chi connectivity index (χ4n) is 3.29. The van der Waals surface area contributed by atoms with Crippen molar-refractivity contribution in [1.82, 2.24) is 14.8 Å². The van der Waals surface area contributed by atoms with Gasteiger partial charge in [0, 0.05) is 24.0 Å². The van der Waals surface area contributed by atoms with Gasteiger partial charge in [0.15, 0.2) is 5.83 Å². The molecule has 0 bridgehead atoms. The number of aliphatic hydroxyl groups is 1. The molecule has 3 aromatic rings. The third-order valence-electron chi connectivity index (χ3n) is 5.18. The molecule has 0 radical (unpaired) electrons. The van der Waals surface area contributed by atoms with Crippen molar-refractivity contribution in [1.29, 1.82) is 0 Å². The number of benzene rings is 1. The van der Waals surface area contributed by atoms with Gasteiger partial charge in [-0.1, -0.05) is 30.3 Å². The first-order chi connectivity index (χ1) is 16.3. The number of pyridine rings is 1. The molecule has 2 N–H and O–H groups in total. The van der Waals surface area contributed by atoms with Gasteiger partial charge in [-0.15, -0.1) is 0 Å². The molecule has 2 aromatic heterocycles. The molecule has 35 heavy (non-hydrogen) atoms. The minimum Gasteiger partial charge on any atom is -0.370 e. The lowest BCUT2D eigenvalue weighted by atomic mass is 9.91. The van der Waals surface area contributed by atoms with E-state index >= 15 is 0 Å². The molecule has 2 heterocycles. The third kappa shape index (κ3) is 5.47. The molecule has 0 unspecified atom stereocenters. The Morgan fingerprint density at radius 3 is 2.17 bits per heavy atom. The Balaban J connectivity index is 1.81. The molecule has 0 aliphatic rings. The van der Waals surface area contributed by atoms with Crippen LogP contribution in [-0.2, 0) is 12.1 Å². The van der Waals surface area contributed by atoms with Crippen molar-refractivity contribution in [3.8, 4) is 0 Å². The average Bonchev–Trinajstić information content (AvgIpc) is 3.14. The van der Waals surface area contributed by atoms with Crippen LogP contribution in [0.15, 0.2) is 48.7 Å². The molecule has 0 aliphatic carbocycles. The Bertz CT molecular complexity index is 1170. The van der Waals surface area contributed by atoms with Crippen LogP contribution >= 0.6 is 0 Å². The minimum atomic E-state index is -6.00. The van der Waals surface area contributed by atoms with Gasteiger partial charge in [-0.3, -0.25) is 4.68 Å². The molecule has 0 atom stereocenters. The minimum absolute atomic E-state index is 0.0200. The standard InChI is InChI=1S/C23H21F7N4O/c1-3-31-20-9-6-16(12-32-20)13-34-14(2)10-19(33-34)18(24)11-15-4-7-17(8-5-15)21(35,22(25,26)27)23(28,29)30/h4-12,35H,3,13H2,1-2H3,(H,31,32)/b18-11-. The molecule has 0 amide bonds. The highest BCUT2D eigenvalue weighted by Crippen LogP contribution is 2.50. The zero-order valence-corrected chi connectivity index (χ0v) is 18.5. The Morgan fingerprint density at radius 1 is 1.03 bits per heavy atom. The van der Waals surface area contributed by atoms with Crippen molar-refractivity contribution >= 4 is 17.7 Å². The first-order valence-corrected chi connectivity index (χ1v) is 10.3. The van der Waals surface area contributed by atoms with Crippen LogP contribution in [0.1, 0.15) is 35.0 Å². The van der Waals surface area contributed by atoms with E-state index in [2.05, 4.69) is 15.4 Å². The molecular formula is C23H21F7N4O. The van der Waals surface area contributed by atoms with Gasteiger partial charge in [0.2, 0.25) is 0 Å². The van der Waals surface area contributed by atoms with Crippen LogP contribution in [0.3, 0.4) is 0 Å². The van der Waals surface area contributed by atoms with E-state index < -0.39 is 29.3 Å². The van der Waals surface area contributed by atoms with Crippen LogP contribution in [0.5, 0.6) is 0 Å². The molecule has 0 fully saturated rings. The molecule has 5 nitrogen and oxygen atoms in total. The summed E-state index contributed by atoms with van der Waals surface area (Å²) in [4.78, 5) is 4.25. The molecule has 188 valence electrons. The van der Waals surface area contributed by atoms with Gasteiger partial charge in [-0.05, 0) is 43.2 Å². The lowest BCUT2D eigenvalue weighted by Gasteiger charge is -2.32. The molecule has 12 heteroatoms. The number of nitrogens with one attached hydrogen (secondary N) is 1. The summed E-state index contributed by atoms with van der Waals surface area (Å²) < 4.78 is 94.3. The summed E-state index contributed by atoms with van der Waals surface area (Å²) in [5, 5.41) is 16.7. The highest BCUT2D eigenvalue weighted by Gasteiger charge is 2.71. The van der Waals surface area contributed by atoms with Gasteiger partial charge >= 0.3 is 12.4 Å². The maximum absolute atomic E-state index is 14.8.